The van der Waals surface area contributed by atoms with E-state index in [4.69, 9.17) is 28.3 Å². The van der Waals surface area contributed by atoms with Gasteiger partial charge in [-0.1, -0.05) is 29.3 Å². The lowest BCUT2D eigenvalue weighted by Gasteiger charge is -2.07. The van der Waals surface area contributed by atoms with Crippen LogP contribution in [0.2, 0.25) is 10.0 Å². The Bertz CT molecular complexity index is 380. The number of hydrogen-bond acceptors (Lipinski definition) is 1. The number of aromatic hydroxyl groups is 1. The van der Waals surface area contributed by atoms with Gasteiger partial charge in [-0.3, -0.25) is 0 Å². The molecule has 0 bridgehead atoms. The van der Waals surface area contributed by atoms with Crippen molar-refractivity contribution in [1.82, 2.24) is 0 Å². The lowest BCUT2D eigenvalue weighted by atomic mass is 9.90. The van der Waals surface area contributed by atoms with E-state index in [1.165, 1.54) is 12.1 Å². The maximum Gasteiger partial charge on any atom is 0.502 e. The standard InChI is InChI=1S/C8H5BCl2F3O/c10-6-3-5(1-2-9(12,13)14)4-7(11)8(6)15/h1-4,15H/q-1/b2-1+. The molecule has 0 saturated carbocycles. The molecule has 7 heteroatoms. The molecule has 0 unspecified atom stereocenters. The summed E-state index contributed by atoms with van der Waals surface area (Å²) in [4.78, 5) is 0. The molecule has 0 heterocycles. The van der Waals surface area contributed by atoms with E-state index in [9.17, 15) is 12.9 Å². The molecule has 1 N–H and O–H groups in total. The summed E-state index contributed by atoms with van der Waals surface area (Å²) in [5.41, 5.74) is 0.182. The van der Waals surface area contributed by atoms with Gasteiger partial charge in [0.2, 0.25) is 0 Å². The quantitative estimate of drug-likeness (QED) is 0.789. The topological polar surface area (TPSA) is 20.2 Å². The highest BCUT2D eigenvalue weighted by atomic mass is 35.5. The molecule has 1 nitrogen and oxygen atoms in total. The molecule has 0 aliphatic heterocycles. The first-order valence-electron chi connectivity index (χ1n) is 3.87. The zero-order chi connectivity index (χ0) is 11.6. The van der Waals surface area contributed by atoms with Crippen LogP contribution in [0.5, 0.6) is 5.75 Å². The number of rotatable bonds is 2. The van der Waals surface area contributed by atoms with Crippen molar-refractivity contribution in [2.75, 3.05) is 0 Å². The highest BCUT2D eigenvalue weighted by Crippen LogP contribution is 2.33. The van der Waals surface area contributed by atoms with Crippen LogP contribution in [0, 0.1) is 0 Å². The van der Waals surface area contributed by atoms with Gasteiger partial charge in [-0.05, 0) is 17.7 Å². The normalized spacial score (nSPS) is 12.3. The molecular weight excluding hydrogens is 251 g/mol. The Balaban J connectivity index is 3.03. The summed E-state index contributed by atoms with van der Waals surface area (Å²) < 4.78 is 35.6. The van der Waals surface area contributed by atoms with E-state index in [1.807, 2.05) is 0 Å². The summed E-state index contributed by atoms with van der Waals surface area (Å²) in [7, 11) is 0. The lowest BCUT2D eigenvalue weighted by molar-refractivity contribution is 0.476. The second kappa shape index (κ2) is 4.37. The van der Waals surface area contributed by atoms with Crippen molar-refractivity contribution in [3.05, 3.63) is 33.7 Å². The Kier molecular flexibility index (Phi) is 3.57. The van der Waals surface area contributed by atoms with Gasteiger partial charge in [-0.2, -0.15) is 0 Å². The van der Waals surface area contributed by atoms with Crippen LogP contribution in [-0.4, -0.2) is 12.1 Å². The number of phenols is 1. The van der Waals surface area contributed by atoms with Crippen molar-refractivity contribution in [3.8, 4) is 5.75 Å². The highest BCUT2D eigenvalue weighted by Gasteiger charge is 2.17. The second-order valence-corrected chi connectivity index (χ2v) is 3.63. The zero-order valence-electron chi connectivity index (χ0n) is 7.22. The molecule has 15 heavy (non-hydrogen) atoms. The number of hydrogen-bond donors (Lipinski definition) is 1. The fraction of sp³-hybridized carbons (Fsp3) is 0. The molecule has 1 aromatic carbocycles. The Hall–Kier alpha value is -0.805. The molecule has 0 aliphatic carbocycles. The van der Waals surface area contributed by atoms with Crippen molar-refractivity contribution in [2.45, 2.75) is 0 Å². The smallest absolute Gasteiger partial charge is 0.502 e. The molecule has 0 radical (unpaired) electrons. The zero-order valence-corrected chi connectivity index (χ0v) is 8.74. The molecule has 0 aromatic heterocycles. The largest absolute Gasteiger partial charge is 0.505 e. The molecule has 0 atom stereocenters. The molecule has 0 fully saturated rings. The van der Waals surface area contributed by atoms with Gasteiger partial charge in [0.25, 0.3) is 0 Å². The van der Waals surface area contributed by atoms with Crippen LogP contribution in [0.25, 0.3) is 6.08 Å². The van der Waals surface area contributed by atoms with Gasteiger partial charge < -0.3 is 18.1 Å². The summed E-state index contributed by atoms with van der Waals surface area (Å²) in [6.45, 7) is -4.99. The number of halogens is 5. The van der Waals surface area contributed by atoms with Crippen LogP contribution >= 0.6 is 23.2 Å². The average Bonchev–Trinajstić information content (AvgIpc) is 2.09. The van der Waals surface area contributed by atoms with Gasteiger partial charge in [0.1, 0.15) is 0 Å². The fourth-order valence-electron chi connectivity index (χ4n) is 0.902. The summed E-state index contributed by atoms with van der Waals surface area (Å²) >= 11 is 11.0. The van der Waals surface area contributed by atoms with E-state index < -0.39 is 6.98 Å². The van der Waals surface area contributed by atoms with Crippen molar-refractivity contribution in [1.29, 1.82) is 0 Å². The summed E-state index contributed by atoms with van der Waals surface area (Å²) in [6, 6.07) is 2.39. The molecule has 1 rings (SSSR count). The van der Waals surface area contributed by atoms with E-state index in [1.54, 1.807) is 0 Å². The predicted octanol–water partition coefficient (Wildman–Crippen LogP) is 4.10. The summed E-state index contributed by atoms with van der Waals surface area (Å²) in [5.74, 6) is -0.216. The van der Waals surface area contributed by atoms with Gasteiger partial charge in [-0.25, -0.2) is 0 Å². The van der Waals surface area contributed by atoms with Gasteiger partial charge in [0.15, 0.2) is 5.75 Å². The molecule has 0 amide bonds. The van der Waals surface area contributed by atoms with E-state index >= 15 is 0 Å². The predicted molar refractivity (Wildman–Crippen MR) is 56.2 cm³/mol. The highest BCUT2D eigenvalue weighted by molar-refractivity contribution is 6.64. The van der Waals surface area contributed by atoms with E-state index in [0.717, 1.165) is 6.08 Å². The molecule has 0 spiro atoms. The van der Waals surface area contributed by atoms with Crippen molar-refractivity contribution >= 4 is 36.3 Å². The first-order valence-corrected chi connectivity index (χ1v) is 4.62. The summed E-state index contributed by atoms with van der Waals surface area (Å²) in [6.07, 6.45) is 0.844. The van der Waals surface area contributed by atoms with E-state index in [0.29, 0.717) is 0 Å². The van der Waals surface area contributed by atoms with E-state index in [-0.39, 0.29) is 27.3 Å². The maximum absolute atomic E-state index is 11.9. The third-order valence-electron chi connectivity index (χ3n) is 1.55. The summed E-state index contributed by atoms with van der Waals surface area (Å²) in [5, 5.41) is 8.98. The molecule has 0 aliphatic rings. The Morgan fingerprint density at radius 2 is 1.60 bits per heavy atom. The Labute approximate surface area is 94.2 Å². The van der Waals surface area contributed by atoms with Gasteiger partial charge in [-0.15, -0.1) is 5.98 Å². The van der Waals surface area contributed by atoms with Crippen molar-refractivity contribution in [2.24, 2.45) is 0 Å². The van der Waals surface area contributed by atoms with Crippen LogP contribution < -0.4 is 0 Å². The monoisotopic (exact) mass is 255 g/mol. The van der Waals surface area contributed by atoms with Crippen LogP contribution in [0.4, 0.5) is 12.9 Å². The Morgan fingerprint density at radius 1 is 1.13 bits per heavy atom. The van der Waals surface area contributed by atoms with E-state index in [2.05, 4.69) is 0 Å². The minimum atomic E-state index is -4.99. The van der Waals surface area contributed by atoms with Crippen LogP contribution in [0.1, 0.15) is 5.56 Å². The third kappa shape index (κ3) is 3.68. The van der Waals surface area contributed by atoms with Crippen LogP contribution in [-0.2, 0) is 0 Å². The van der Waals surface area contributed by atoms with Crippen molar-refractivity contribution < 1.29 is 18.1 Å². The fourth-order valence-corrected chi connectivity index (χ4v) is 1.41. The second-order valence-electron chi connectivity index (χ2n) is 2.82. The number of phenolic OH excluding ortho intramolecular Hbond substituents is 1. The SMILES string of the molecule is Oc1c(Cl)cc(/C=C/[B-](F)(F)F)cc1Cl. The molecule has 1 aromatic rings. The first-order chi connectivity index (χ1) is 6.79. The van der Waals surface area contributed by atoms with Gasteiger partial charge >= 0.3 is 6.98 Å². The lowest BCUT2D eigenvalue weighted by Crippen LogP contribution is -2.09. The molecular formula is C8H5BCl2F3O-. The van der Waals surface area contributed by atoms with Crippen molar-refractivity contribution in [3.63, 3.8) is 0 Å². The maximum atomic E-state index is 11.9. The Morgan fingerprint density at radius 3 is 2.00 bits per heavy atom. The number of benzene rings is 1. The minimum Gasteiger partial charge on any atom is -0.505 e. The van der Waals surface area contributed by atoms with Gasteiger partial charge in [0, 0.05) is 0 Å². The average molecular weight is 256 g/mol. The molecule has 82 valence electrons. The first kappa shape index (κ1) is 12.3. The van der Waals surface area contributed by atoms with Crippen LogP contribution in [0.15, 0.2) is 18.1 Å². The van der Waals surface area contributed by atoms with Crippen LogP contribution in [0.3, 0.4) is 0 Å². The minimum absolute atomic E-state index is 0.0863. The molecule has 0 saturated heterocycles. The third-order valence-corrected chi connectivity index (χ3v) is 2.12. The van der Waals surface area contributed by atoms with Gasteiger partial charge in [0.05, 0.1) is 10.0 Å².